The lowest BCUT2D eigenvalue weighted by atomic mass is 10.1. The number of hydrogen-bond acceptors (Lipinski definition) is 3. The molecule has 0 bridgehead atoms. The third-order valence-electron chi connectivity index (χ3n) is 2.87. The molecule has 0 saturated heterocycles. The molecule has 0 aliphatic rings. The molecule has 0 unspecified atom stereocenters. The molecule has 0 aliphatic heterocycles. The highest BCUT2D eigenvalue weighted by atomic mass is 35.5. The average Bonchev–Trinajstić information content (AvgIpc) is 2.37. The molecule has 0 aliphatic carbocycles. The molecule has 1 aromatic rings. The molecule has 0 saturated carbocycles. The summed E-state index contributed by atoms with van der Waals surface area (Å²) >= 11 is 5.86. The number of methoxy groups -OCH3 is 1. The van der Waals surface area contributed by atoms with Gasteiger partial charge in [-0.2, -0.15) is 0 Å². The van der Waals surface area contributed by atoms with E-state index in [9.17, 15) is 9.59 Å². The maximum atomic E-state index is 12.2. The highest BCUT2D eigenvalue weighted by Gasteiger charge is 2.14. The highest BCUT2D eigenvalue weighted by molar-refractivity contribution is 6.30. The van der Waals surface area contributed by atoms with Gasteiger partial charge in [0.1, 0.15) is 0 Å². The first-order chi connectivity index (χ1) is 8.95. The van der Waals surface area contributed by atoms with Crippen molar-refractivity contribution in [3.8, 4) is 0 Å². The van der Waals surface area contributed by atoms with E-state index in [4.69, 9.17) is 11.6 Å². The predicted octanol–water partition coefficient (Wildman–Crippen LogP) is 2.67. The first-order valence-electron chi connectivity index (χ1n) is 6.04. The maximum Gasteiger partial charge on any atom is 0.305 e. The standard InChI is InChI=1S/C14H18ClNO3/c1-10-9-11(15)6-7-12(10)14(18)16(2)8-4-5-13(17)19-3/h6-7,9H,4-5,8H2,1-3H3. The summed E-state index contributed by atoms with van der Waals surface area (Å²) in [6, 6.07) is 5.18. The predicted molar refractivity (Wildman–Crippen MR) is 74.4 cm³/mol. The van der Waals surface area contributed by atoms with E-state index in [1.165, 1.54) is 7.11 Å². The van der Waals surface area contributed by atoms with Crippen molar-refractivity contribution < 1.29 is 14.3 Å². The number of carbonyl (C=O) groups is 2. The number of halogens is 1. The topological polar surface area (TPSA) is 46.6 Å². The molecule has 0 fully saturated rings. The normalized spacial score (nSPS) is 10.1. The first-order valence-corrected chi connectivity index (χ1v) is 6.42. The summed E-state index contributed by atoms with van der Waals surface area (Å²) in [5, 5.41) is 0.613. The Morgan fingerprint density at radius 3 is 2.63 bits per heavy atom. The highest BCUT2D eigenvalue weighted by Crippen LogP contribution is 2.16. The number of carbonyl (C=O) groups excluding carboxylic acids is 2. The third kappa shape index (κ3) is 4.56. The van der Waals surface area contributed by atoms with Crippen LogP contribution in [-0.4, -0.2) is 37.5 Å². The second kappa shape index (κ2) is 7.14. The van der Waals surface area contributed by atoms with E-state index in [-0.39, 0.29) is 11.9 Å². The van der Waals surface area contributed by atoms with E-state index in [0.717, 1.165) is 5.56 Å². The lowest BCUT2D eigenvalue weighted by Crippen LogP contribution is -2.28. The fourth-order valence-corrected chi connectivity index (χ4v) is 1.96. The van der Waals surface area contributed by atoms with Gasteiger partial charge < -0.3 is 9.64 Å². The summed E-state index contributed by atoms with van der Waals surface area (Å²) in [5.41, 5.74) is 1.47. The molecule has 104 valence electrons. The van der Waals surface area contributed by atoms with Crippen LogP contribution in [0.3, 0.4) is 0 Å². The van der Waals surface area contributed by atoms with E-state index in [0.29, 0.717) is 30.0 Å². The Bertz CT molecular complexity index is 474. The van der Waals surface area contributed by atoms with Crippen molar-refractivity contribution in [2.24, 2.45) is 0 Å². The fourth-order valence-electron chi connectivity index (χ4n) is 1.74. The number of nitrogens with zero attached hydrogens (tertiary/aromatic N) is 1. The Hall–Kier alpha value is -1.55. The molecule has 0 spiro atoms. The summed E-state index contributed by atoms with van der Waals surface area (Å²) < 4.78 is 4.55. The van der Waals surface area contributed by atoms with Gasteiger partial charge in [0.25, 0.3) is 5.91 Å². The number of amides is 1. The quantitative estimate of drug-likeness (QED) is 0.781. The van der Waals surface area contributed by atoms with Crippen molar-refractivity contribution in [3.63, 3.8) is 0 Å². The zero-order chi connectivity index (χ0) is 14.4. The minimum atomic E-state index is -0.261. The summed E-state index contributed by atoms with van der Waals surface area (Å²) in [4.78, 5) is 24.8. The molecular weight excluding hydrogens is 266 g/mol. The van der Waals surface area contributed by atoms with Crippen LogP contribution < -0.4 is 0 Å². The van der Waals surface area contributed by atoms with Gasteiger partial charge in [-0.05, 0) is 37.1 Å². The van der Waals surface area contributed by atoms with Crippen LogP contribution in [0.25, 0.3) is 0 Å². The number of aryl methyl sites for hydroxylation is 1. The second-order valence-corrected chi connectivity index (χ2v) is 4.80. The molecule has 0 heterocycles. The average molecular weight is 284 g/mol. The Kier molecular flexibility index (Phi) is 5.83. The van der Waals surface area contributed by atoms with Gasteiger partial charge in [-0.25, -0.2) is 0 Å². The lowest BCUT2D eigenvalue weighted by Gasteiger charge is -2.18. The third-order valence-corrected chi connectivity index (χ3v) is 3.10. The van der Waals surface area contributed by atoms with Crippen LogP contribution >= 0.6 is 11.6 Å². The number of rotatable bonds is 5. The fraction of sp³-hybridized carbons (Fsp3) is 0.429. The van der Waals surface area contributed by atoms with Crippen LogP contribution in [0.15, 0.2) is 18.2 Å². The van der Waals surface area contributed by atoms with Crippen molar-refractivity contribution in [3.05, 3.63) is 34.3 Å². The molecule has 4 nitrogen and oxygen atoms in total. The largest absolute Gasteiger partial charge is 0.469 e. The van der Waals surface area contributed by atoms with Gasteiger partial charge in [-0.1, -0.05) is 11.6 Å². The molecule has 0 aromatic heterocycles. The number of benzene rings is 1. The summed E-state index contributed by atoms with van der Waals surface area (Å²) in [7, 11) is 3.07. The van der Waals surface area contributed by atoms with Crippen LogP contribution in [0, 0.1) is 6.92 Å². The first kappa shape index (κ1) is 15.5. The molecule has 0 N–H and O–H groups in total. The lowest BCUT2D eigenvalue weighted by molar-refractivity contribution is -0.140. The van der Waals surface area contributed by atoms with Gasteiger partial charge in [0.05, 0.1) is 7.11 Å². The van der Waals surface area contributed by atoms with Gasteiger partial charge in [0, 0.05) is 30.6 Å². The smallest absolute Gasteiger partial charge is 0.305 e. The zero-order valence-electron chi connectivity index (χ0n) is 11.4. The Balaban J connectivity index is 2.59. The van der Waals surface area contributed by atoms with Crippen LogP contribution in [0.1, 0.15) is 28.8 Å². The van der Waals surface area contributed by atoms with Crippen LogP contribution in [-0.2, 0) is 9.53 Å². The molecule has 19 heavy (non-hydrogen) atoms. The summed E-state index contributed by atoms with van der Waals surface area (Å²) in [6.07, 6.45) is 0.898. The van der Waals surface area contributed by atoms with E-state index < -0.39 is 0 Å². The summed E-state index contributed by atoms with van der Waals surface area (Å²) in [6.45, 7) is 2.36. The van der Waals surface area contributed by atoms with Gasteiger partial charge >= 0.3 is 5.97 Å². The van der Waals surface area contributed by atoms with Crippen molar-refractivity contribution in [2.45, 2.75) is 19.8 Å². The van der Waals surface area contributed by atoms with Crippen molar-refractivity contribution in [1.82, 2.24) is 4.90 Å². The summed E-state index contributed by atoms with van der Waals surface area (Å²) in [5.74, 6) is -0.331. The zero-order valence-corrected chi connectivity index (χ0v) is 12.2. The van der Waals surface area contributed by atoms with Gasteiger partial charge in [-0.3, -0.25) is 9.59 Å². The molecule has 1 rings (SSSR count). The monoisotopic (exact) mass is 283 g/mol. The van der Waals surface area contributed by atoms with Crippen molar-refractivity contribution >= 4 is 23.5 Å². The van der Waals surface area contributed by atoms with E-state index in [1.807, 2.05) is 6.92 Å². The van der Waals surface area contributed by atoms with E-state index in [1.54, 1.807) is 30.1 Å². The maximum absolute atomic E-state index is 12.2. The molecule has 0 radical (unpaired) electrons. The van der Waals surface area contributed by atoms with Gasteiger partial charge in [0.15, 0.2) is 0 Å². The SMILES string of the molecule is COC(=O)CCCN(C)C(=O)c1ccc(Cl)cc1C. The van der Waals surface area contributed by atoms with Gasteiger partial charge in [0.2, 0.25) is 0 Å². The molecule has 0 atom stereocenters. The Labute approximate surface area is 118 Å². The number of ether oxygens (including phenoxy) is 1. The van der Waals surface area contributed by atoms with Crippen molar-refractivity contribution in [2.75, 3.05) is 20.7 Å². The Morgan fingerprint density at radius 1 is 1.37 bits per heavy atom. The molecule has 1 amide bonds. The van der Waals surface area contributed by atoms with Gasteiger partial charge in [-0.15, -0.1) is 0 Å². The minimum Gasteiger partial charge on any atom is -0.469 e. The number of hydrogen-bond donors (Lipinski definition) is 0. The molecule has 5 heteroatoms. The molecule has 1 aromatic carbocycles. The van der Waals surface area contributed by atoms with Crippen LogP contribution in [0.2, 0.25) is 5.02 Å². The second-order valence-electron chi connectivity index (χ2n) is 4.37. The van der Waals surface area contributed by atoms with E-state index in [2.05, 4.69) is 4.74 Å². The minimum absolute atomic E-state index is 0.0703. The van der Waals surface area contributed by atoms with E-state index >= 15 is 0 Å². The van der Waals surface area contributed by atoms with Crippen LogP contribution in [0.5, 0.6) is 0 Å². The number of esters is 1. The molecular formula is C14H18ClNO3. The Morgan fingerprint density at radius 2 is 2.05 bits per heavy atom. The van der Waals surface area contributed by atoms with Crippen LogP contribution in [0.4, 0.5) is 0 Å². The van der Waals surface area contributed by atoms with Crippen molar-refractivity contribution in [1.29, 1.82) is 0 Å².